The van der Waals surface area contributed by atoms with Crippen molar-refractivity contribution in [1.82, 2.24) is 0 Å². The molecule has 0 aromatic carbocycles. The van der Waals surface area contributed by atoms with Crippen molar-refractivity contribution in [3.63, 3.8) is 0 Å². The van der Waals surface area contributed by atoms with E-state index in [0.717, 1.165) is 25.9 Å². The molecule has 2 unspecified atom stereocenters. The summed E-state index contributed by atoms with van der Waals surface area (Å²) in [5.41, 5.74) is 0. The van der Waals surface area contributed by atoms with E-state index in [9.17, 15) is 5.11 Å². The van der Waals surface area contributed by atoms with E-state index in [2.05, 4.69) is 6.92 Å². The number of hydrogen-bond acceptors (Lipinski definition) is 2. The highest BCUT2D eigenvalue weighted by molar-refractivity contribution is 4.74. The zero-order valence-electron chi connectivity index (χ0n) is 7.96. The second kappa shape index (κ2) is 5.55. The third kappa shape index (κ3) is 3.55. The van der Waals surface area contributed by atoms with Crippen molar-refractivity contribution in [3.05, 3.63) is 0 Å². The largest absolute Gasteiger partial charge is 0.393 e. The van der Waals surface area contributed by atoms with Crippen LogP contribution >= 0.6 is 0 Å². The molecule has 0 aromatic heterocycles. The van der Waals surface area contributed by atoms with Crippen LogP contribution in [-0.4, -0.2) is 23.9 Å². The summed E-state index contributed by atoms with van der Waals surface area (Å²) < 4.78 is 5.62. The van der Waals surface area contributed by atoms with Crippen LogP contribution in [0.2, 0.25) is 0 Å². The van der Waals surface area contributed by atoms with Crippen molar-refractivity contribution in [1.29, 1.82) is 0 Å². The molecule has 0 aliphatic heterocycles. The van der Waals surface area contributed by atoms with E-state index in [-0.39, 0.29) is 6.10 Å². The Morgan fingerprint density at radius 2 is 2.17 bits per heavy atom. The molecule has 2 atom stereocenters. The lowest BCUT2D eigenvalue weighted by atomic mass is 10.2. The highest BCUT2D eigenvalue weighted by atomic mass is 16.5. The highest BCUT2D eigenvalue weighted by Gasteiger charge is 2.22. The smallest absolute Gasteiger partial charge is 0.0600 e. The van der Waals surface area contributed by atoms with Crippen LogP contribution in [-0.2, 0) is 4.74 Å². The maximum Gasteiger partial charge on any atom is 0.0600 e. The first-order valence-electron chi connectivity index (χ1n) is 5.12. The fourth-order valence-corrected chi connectivity index (χ4v) is 1.67. The van der Waals surface area contributed by atoms with Crippen molar-refractivity contribution < 1.29 is 9.84 Å². The molecule has 1 N–H and O–H groups in total. The number of ether oxygens (including phenoxy) is 1. The van der Waals surface area contributed by atoms with Crippen LogP contribution in [0, 0.1) is 0 Å². The molecule has 0 spiro atoms. The number of rotatable bonds is 5. The summed E-state index contributed by atoms with van der Waals surface area (Å²) in [7, 11) is 0. The first-order valence-corrected chi connectivity index (χ1v) is 5.12. The van der Waals surface area contributed by atoms with Crippen molar-refractivity contribution >= 4 is 0 Å². The number of aliphatic hydroxyl groups excluding tert-OH is 1. The van der Waals surface area contributed by atoms with Crippen LogP contribution in [0.5, 0.6) is 0 Å². The Hall–Kier alpha value is -0.0800. The average molecular weight is 172 g/mol. The molecule has 2 nitrogen and oxygen atoms in total. The van der Waals surface area contributed by atoms with E-state index < -0.39 is 0 Å². The predicted octanol–water partition coefficient (Wildman–Crippen LogP) is 2.11. The fourth-order valence-electron chi connectivity index (χ4n) is 1.67. The summed E-state index contributed by atoms with van der Waals surface area (Å²) >= 11 is 0. The lowest BCUT2D eigenvalue weighted by Gasteiger charge is -2.10. The van der Waals surface area contributed by atoms with Crippen LogP contribution < -0.4 is 0 Å². The van der Waals surface area contributed by atoms with Crippen LogP contribution in [0.25, 0.3) is 0 Å². The van der Waals surface area contributed by atoms with Crippen molar-refractivity contribution in [3.8, 4) is 0 Å². The fraction of sp³-hybridized carbons (Fsp3) is 1.00. The van der Waals surface area contributed by atoms with Crippen molar-refractivity contribution in [2.45, 2.75) is 57.7 Å². The molecule has 1 fully saturated rings. The standard InChI is InChI=1S/C10H20O2/c1-2-3-4-7-12-10-6-5-9(11)8-10/h9-11H,2-8H2,1H3. The van der Waals surface area contributed by atoms with Gasteiger partial charge in [-0.15, -0.1) is 0 Å². The van der Waals surface area contributed by atoms with Crippen LogP contribution in [0.15, 0.2) is 0 Å². The topological polar surface area (TPSA) is 29.5 Å². The molecule has 1 saturated carbocycles. The van der Waals surface area contributed by atoms with Gasteiger partial charge >= 0.3 is 0 Å². The van der Waals surface area contributed by atoms with Gasteiger partial charge in [0.25, 0.3) is 0 Å². The van der Waals surface area contributed by atoms with E-state index in [1.807, 2.05) is 0 Å². The first-order chi connectivity index (χ1) is 5.83. The third-order valence-corrected chi connectivity index (χ3v) is 2.46. The highest BCUT2D eigenvalue weighted by Crippen LogP contribution is 2.21. The van der Waals surface area contributed by atoms with Gasteiger partial charge in [0.2, 0.25) is 0 Å². The molecule has 0 heterocycles. The molecule has 2 heteroatoms. The van der Waals surface area contributed by atoms with E-state index in [1.165, 1.54) is 19.3 Å². The summed E-state index contributed by atoms with van der Waals surface area (Å²) in [6, 6.07) is 0. The molecule has 0 bridgehead atoms. The molecule has 0 radical (unpaired) electrons. The maximum atomic E-state index is 9.22. The summed E-state index contributed by atoms with van der Waals surface area (Å²) in [6.45, 7) is 3.07. The number of unbranched alkanes of at least 4 members (excludes halogenated alkanes) is 2. The quantitative estimate of drug-likeness (QED) is 0.643. The minimum absolute atomic E-state index is 0.0961. The molecular weight excluding hydrogens is 152 g/mol. The van der Waals surface area contributed by atoms with Gasteiger partial charge in [-0.3, -0.25) is 0 Å². The minimum atomic E-state index is -0.0961. The van der Waals surface area contributed by atoms with Crippen LogP contribution in [0.4, 0.5) is 0 Å². The lowest BCUT2D eigenvalue weighted by Crippen LogP contribution is -2.10. The zero-order chi connectivity index (χ0) is 8.81. The lowest BCUT2D eigenvalue weighted by molar-refractivity contribution is 0.0451. The molecule has 0 saturated heterocycles. The Labute approximate surface area is 74.9 Å². The molecule has 1 rings (SSSR count). The second-order valence-corrected chi connectivity index (χ2v) is 3.67. The first kappa shape index (κ1) is 10.0. The van der Waals surface area contributed by atoms with Gasteiger partial charge in [-0.1, -0.05) is 19.8 Å². The van der Waals surface area contributed by atoms with Gasteiger partial charge in [0.15, 0.2) is 0 Å². The van der Waals surface area contributed by atoms with Crippen molar-refractivity contribution in [2.75, 3.05) is 6.61 Å². The maximum absolute atomic E-state index is 9.22. The predicted molar refractivity (Wildman–Crippen MR) is 49.1 cm³/mol. The molecule has 0 amide bonds. The summed E-state index contributed by atoms with van der Waals surface area (Å²) in [6.07, 6.45) is 6.76. The van der Waals surface area contributed by atoms with Gasteiger partial charge in [0, 0.05) is 6.61 Å². The van der Waals surface area contributed by atoms with E-state index >= 15 is 0 Å². The molecular formula is C10H20O2. The normalized spacial score (nSPS) is 29.5. The van der Waals surface area contributed by atoms with Gasteiger partial charge in [0.05, 0.1) is 12.2 Å². The van der Waals surface area contributed by atoms with Gasteiger partial charge in [-0.25, -0.2) is 0 Å². The van der Waals surface area contributed by atoms with Crippen molar-refractivity contribution in [2.24, 2.45) is 0 Å². The monoisotopic (exact) mass is 172 g/mol. The van der Waals surface area contributed by atoms with E-state index in [4.69, 9.17) is 4.74 Å². The summed E-state index contributed by atoms with van der Waals surface area (Å²) in [5, 5.41) is 9.22. The van der Waals surface area contributed by atoms with Gasteiger partial charge in [-0.2, -0.15) is 0 Å². The molecule has 0 aromatic rings. The molecule has 12 heavy (non-hydrogen) atoms. The van der Waals surface area contributed by atoms with Gasteiger partial charge in [-0.05, 0) is 25.7 Å². The summed E-state index contributed by atoms with van der Waals surface area (Å²) in [5.74, 6) is 0. The Morgan fingerprint density at radius 3 is 2.75 bits per heavy atom. The molecule has 1 aliphatic carbocycles. The number of aliphatic hydroxyl groups is 1. The van der Waals surface area contributed by atoms with E-state index in [1.54, 1.807) is 0 Å². The SMILES string of the molecule is CCCCCOC1CCC(O)C1. The zero-order valence-corrected chi connectivity index (χ0v) is 7.96. The Bertz CT molecular complexity index is 114. The average Bonchev–Trinajstić information content (AvgIpc) is 2.45. The second-order valence-electron chi connectivity index (χ2n) is 3.67. The molecule has 1 aliphatic rings. The Kier molecular flexibility index (Phi) is 4.62. The third-order valence-electron chi connectivity index (χ3n) is 2.46. The van der Waals surface area contributed by atoms with Gasteiger partial charge in [0.1, 0.15) is 0 Å². The number of hydrogen-bond donors (Lipinski definition) is 1. The summed E-state index contributed by atoms with van der Waals surface area (Å²) in [4.78, 5) is 0. The van der Waals surface area contributed by atoms with Crippen LogP contribution in [0.1, 0.15) is 45.4 Å². The Morgan fingerprint density at radius 1 is 1.33 bits per heavy atom. The van der Waals surface area contributed by atoms with Crippen LogP contribution in [0.3, 0.4) is 0 Å². The van der Waals surface area contributed by atoms with E-state index in [0.29, 0.717) is 6.10 Å². The van der Waals surface area contributed by atoms with Gasteiger partial charge < -0.3 is 9.84 Å². The Balaban J connectivity index is 1.93. The minimum Gasteiger partial charge on any atom is -0.393 e. The molecule has 72 valence electrons.